The Balaban J connectivity index is 1.93. The van der Waals surface area contributed by atoms with Crippen molar-refractivity contribution in [3.63, 3.8) is 0 Å². The Morgan fingerprint density at radius 3 is 2.86 bits per heavy atom. The number of aromatic nitrogens is 2. The second kappa shape index (κ2) is 7.77. The van der Waals surface area contributed by atoms with Crippen LogP contribution in [-0.4, -0.2) is 33.3 Å². The van der Waals surface area contributed by atoms with E-state index in [9.17, 15) is 4.79 Å². The Morgan fingerprint density at radius 1 is 1.48 bits per heavy atom. The van der Waals surface area contributed by atoms with Gasteiger partial charge in [0, 0.05) is 11.4 Å². The highest BCUT2D eigenvalue weighted by Crippen LogP contribution is 2.24. The lowest BCUT2D eigenvalue weighted by Crippen LogP contribution is -2.34. The minimum absolute atomic E-state index is 0.121. The van der Waals surface area contributed by atoms with Gasteiger partial charge in [-0.25, -0.2) is 0 Å². The first-order chi connectivity index (χ1) is 10.0. The van der Waals surface area contributed by atoms with Gasteiger partial charge in [0.2, 0.25) is 11.0 Å². The van der Waals surface area contributed by atoms with E-state index in [4.69, 9.17) is 5.73 Å². The predicted molar refractivity (Wildman–Crippen MR) is 89.6 cm³/mol. The lowest BCUT2D eigenvalue weighted by atomic mass is 10.2. The summed E-state index contributed by atoms with van der Waals surface area (Å²) in [6, 6.07) is 4.07. The Morgan fingerprint density at radius 2 is 2.29 bits per heavy atom. The molecule has 0 spiro atoms. The molecule has 2 heterocycles. The third-order valence-corrected chi connectivity index (χ3v) is 5.34. The summed E-state index contributed by atoms with van der Waals surface area (Å²) in [5, 5.41) is 10.1. The van der Waals surface area contributed by atoms with Crippen LogP contribution < -0.4 is 5.73 Å². The van der Waals surface area contributed by atoms with Crippen LogP contribution in [0.2, 0.25) is 0 Å². The van der Waals surface area contributed by atoms with Crippen molar-refractivity contribution in [2.45, 2.75) is 24.7 Å². The molecule has 0 aliphatic heterocycles. The molecule has 0 fully saturated rings. The first kappa shape index (κ1) is 16.3. The molecule has 0 bridgehead atoms. The summed E-state index contributed by atoms with van der Waals surface area (Å²) in [6.07, 6.45) is 0. The minimum Gasteiger partial charge on any atom is -0.374 e. The van der Waals surface area contributed by atoms with Gasteiger partial charge in [-0.1, -0.05) is 43.0 Å². The van der Waals surface area contributed by atoms with Crippen molar-refractivity contribution in [3.05, 3.63) is 22.4 Å². The lowest BCUT2D eigenvalue weighted by molar-refractivity contribution is -0.129. The van der Waals surface area contributed by atoms with Crippen LogP contribution >= 0.6 is 34.4 Å². The molecule has 114 valence electrons. The maximum Gasteiger partial charge on any atom is 0.233 e. The van der Waals surface area contributed by atoms with Crippen molar-refractivity contribution in [2.24, 2.45) is 5.92 Å². The van der Waals surface area contributed by atoms with E-state index in [1.807, 2.05) is 16.3 Å². The summed E-state index contributed by atoms with van der Waals surface area (Å²) in [5.41, 5.74) is 5.54. The normalized spacial score (nSPS) is 11.0. The number of rotatable bonds is 7. The number of nitrogens with zero attached hydrogens (tertiary/aromatic N) is 3. The quantitative estimate of drug-likeness (QED) is 0.783. The van der Waals surface area contributed by atoms with E-state index in [0.717, 1.165) is 10.9 Å². The summed E-state index contributed by atoms with van der Waals surface area (Å²) >= 11 is 4.38. The van der Waals surface area contributed by atoms with Crippen LogP contribution in [0.5, 0.6) is 0 Å². The van der Waals surface area contributed by atoms with E-state index in [1.54, 1.807) is 11.3 Å². The second-order valence-corrected chi connectivity index (χ2v) is 8.21. The fourth-order valence-electron chi connectivity index (χ4n) is 1.78. The summed E-state index contributed by atoms with van der Waals surface area (Å²) in [7, 11) is 0. The van der Waals surface area contributed by atoms with Crippen molar-refractivity contribution in [1.82, 2.24) is 15.1 Å². The molecular formula is C13H18N4OS3. The third kappa shape index (κ3) is 5.29. The number of amides is 1. The van der Waals surface area contributed by atoms with E-state index < -0.39 is 0 Å². The van der Waals surface area contributed by atoms with E-state index in [2.05, 4.69) is 30.1 Å². The molecule has 5 nitrogen and oxygen atoms in total. The molecular weight excluding hydrogens is 324 g/mol. The number of hydrogen-bond acceptors (Lipinski definition) is 7. The number of carbonyl (C=O) groups excluding carboxylic acids is 1. The van der Waals surface area contributed by atoms with Crippen molar-refractivity contribution in [2.75, 3.05) is 18.0 Å². The number of nitrogens with two attached hydrogens (primary N) is 1. The molecule has 0 unspecified atom stereocenters. The number of carbonyl (C=O) groups is 1. The molecule has 0 aromatic carbocycles. The number of thiophene rings is 1. The average molecular weight is 343 g/mol. The zero-order chi connectivity index (χ0) is 15.2. The lowest BCUT2D eigenvalue weighted by Gasteiger charge is -2.23. The van der Waals surface area contributed by atoms with Crippen molar-refractivity contribution >= 4 is 45.5 Å². The Bertz CT molecular complexity index is 568. The van der Waals surface area contributed by atoms with Gasteiger partial charge in [-0.15, -0.1) is 21.5 Å². The Kier molecular flexibility index (Phi) is 6.01. The first-order valence-electron chi connectivity index (χ1n) is 6.56. The van der Waals surface area contributed by atoms with Crippen LogP contribution in [0.1, 0.15) is 18.7 Å². The van der Waals surface area contributed by atoms with Gasteiger partial charge in [0.25, 0.3) is 0 Å². The van der Waals surface area contributed by atoms with Gasteiger partial charge in [-0.05, 0) is 17.4 Å². The molecule has 2 aromatic rings. The van der Waals surface area contributed by atoms with E-state index in [-0.39, 0.29) is 5.91 Å². The molecule has 1 amide bonds. The van der Waals surface area contributed by atoms with Crippen LogP contribution in [0, 0.1) is 5.92 Å². The molecule has 8 heteroatoms. The van der Waals surface area contributed by atoms with Gasteiger partial charge >= 0.3 is 0 Å². The summed E-state index contributed by atoms with van der Waals surface area (Å²) in [4.78, 5) is 15.5. The van der Waals surface area contributed by atoms with Crippen molar-refractivity contribution in [1.29, 1.82) is 0 Å². The molecule has 2 rings (SSSR count). The van der Waals surface area contributed by atoms with Gasteiger partial charge in [-0.2, -0.15) is 0 Å². The third-order valence-electron chi connectivity index (χ3n) is 2.61. The number of hydrogen-bond donors (Lipinski definition) is 1. The molecule has 0 aliphatic rings. The first-order valence-corrected chi connectivity index (χ1v) is 9.24. The monoisotopic (exact) mass is 342 g/mol. The molecule has 0 atom stereocenters. The fourth-order valence-corrected chi connectivity index (χ4v) is 4.04. The maximum atomic E-state index is 12.4. The standard InChI is InChI=1S/C13H18N4OS3/c1-9(2)6-17(7-10-4-3-5-19-10)11(18)8-20-13-16-15-12(14)21-13/h3-5,9H,6-8H2,1-2H3,(H2,14,15). The average Bonchev–Trinajstić information content (AvgIpc) is 3.06. The van der Waals surface area contributed by atoms with Gasteiger partial charge in [0.1, 0.15) is 0 Å². The molecule has 0 saturated carbocycles. The van der Waals surface area contributed by atoms with Gasteiger partial charge in [0.05, 0.1) is 12.3 Å². The Hall–Kier alpha value is -1.12. The zero-order valence-electron chi connectivity index (χ0n) is 12.0. The highest BCUT2D eigenvalue weighted by Gasteiger charge is 2.17. The van der Waals surface area contributed by atoms with Crippen LogP contribution in [0.3, 0.4) is 0 Å². The van der Waals surface area contributed by atoms with E-state index >= 15 is 0 Å². The van der Waals surface area contributed by atoms with Gasteiger partial charge in [0.15, 0.2) is 4.34 Å². The summed E-state index contributed by atoms with van der Waals surface area (Å²) in [5.74, 6) is 0.930. The maximum absolute atomic E-state index is 12.4. The predicted octanol–water partition coefficient (Wildman–Crippen LogP) is 2.96. The van der Waals surface area contributed by atoms with E-state index in [1.165, 1.54) is 28.0 Å². The van der Waals surface area contributed by atoms with Crippen LogP contribution in [0.15, 0.2) is 21.9 Å². The van der Waals surface area contributed by atoms with Crippen LogP contribution in [0.4, 0.5) is 5.13 Å². The van der Waals surface area contributed by atoms with Crippen LogP contribution in [-0.2, 0) is 11.3 Å². The number of nitrogen functional groups attached to an aromatic ring is 1. The minimum atomic E-state index is 0.121. The summed E-state index contributed by atoms with van der Waals surface area (Å²) < 4.78 is 0.737. The van der Waals surface area contributed by atoms with Crippen molar-refractivity contribution < 1.29 is 4.79 Å². The molecule has 2 aromatic heterocycles. The van der Waals surface area contributed by atoms with Gasteiger partial charge < -0.3 is 10.6 Å². The second-order valence-electron chi connectivity index (χ2n) is 4.94. The molecule has 21 heavy (non-hydrogen) atoms. The number of thioether (sulfide) groups is 1. The van der Waals surface area contributed by atoms with E-state index in [0.29, 0.717) is 23.3 Å². The summed E-state index contributed by atoms with van der Waals surface area (Å²) in [6.45, 7) is 5.67. The highest BCUT2D eigenvalue weighted by molar-refractivity contribution is 8.01. The molecule has 2 N–H and O–H groups in total. The largest absolute Gasteiger partial charge is 0.374 e. The topological polar surface area (TPSA) is 72.1 Å². The number of anilines is 1. The highest BCUT2D eigenvalue weighted by atomic mass is 32.2. The zero-order valence-corrected chi connectivity index (χ0v) is 14.4. The fraction of sp³-hybridized carbons (Fsp3) is 0.462. The molecule has 0 saturated heterocycles. The van der Waals surface area contributed by atoms with Gasteiger partial charge in [-0.3, -0.25) is 4.79 Å². The SMILES string of the molecule is CC(C)CN(Cc1cccs1)C(=O)CSc1nnc(N)s1. The smallest absolute Gasteiger partial charge is 0.233 e. The van der Waals surface area contributed by atoms with Crippen molar-refractivity contribution in [3.8, 4) is 0 Å². The van der Waals surface area contributed by atoms with Crippen LogP contribution in [0.25, 0.3) is 0 Å². The molecule has 0 radical (unpaired) electrons. The Labute approximate surface area is 136 Å². The molecule has 0 aliphatic carbocycles.